The van der Waals surface area contributed by atoms with Crippen LogP contribution in [-0.4, -0.2) is 71.4 Å². The molecule has 7 heteroatoms. The number of benzene rings is 1. The Bertz CT molecular complexity index is 713. The third kappa shape index (κ3) is 3.33. The highest BCUT2D eigenvalue weighted by Gasteiger charge is 2.54. The number of hydrogen-bond acceptors (Lipinski definition) is 5. The first-order valence-electron chi connectivity index (χ1n) is 9.87. The van der Waals surface area contributed by atoms with Crippen molar-refractivity contribution in [2.45, 2.75) is 42.7 Å². The minimum atomic E-state index is -1.20. The SMILES string of the molecule is Cc1ccc([S+]([O-])N2CCC3(CC2)CC(N2CC4(COC4)C2)CO3)c(Cl)c1. The Morgan fingerprint density at radius 2 is 1.96 bits per heavy atom. The molecule has 4 aliphatic heterocycles. The van der Waals surface area contributed by atoms with Gasteiger partial charge in [0.1, 0.15) is 0 Å². The van der Waals surface area contributed by atoms with Gasteiger partial charge in [0, 0.05) is 37.6 Å². The summed E-state index contributed by atoms with van der Waals surface area (Å²) in [6.45, 7) is 8.62. The summed E-state index contributed by atoms with van der Waals surface area (Å²) in [6, 6.07) is 6.30. The van der Waals surface area contributed by atoms with Crippen LogP contribution in [0.15, 0.2) is 23.1 Å². The molecule has 2 unspecified atom stereocenters. The van der Waals surface area contributed by atoms with E-state index >= 15 is 0 Å². The number of rotatable bonds is 3. The molecule has 0 bridgehead atoms. The summed E-state index contributed by atoms with van der Waals surface area (Å²) >= 11 is 5.12. The predicted molar refractivity (Wildman–Crippen MR) is 105 cm³/mol. The minimum Gasteiger partial charge on any atom is -0.593 e. The molecule has 5 rings (SSSR count). The highest BCUT2D eigenvalue weighted by atomic mass is 35.5. The molecule has 148 valence electrons. The van der Waals surface area contributed by atoms with Crippen molar-refractivity contribution < 1.29 is 14.0 Å². The van der Waals surface area contributed by atoms with Crippen molar-refractivity contribution in [1.82, 2.24) is 9.21 Å². The van der Waals surface area contributed by atoms with Crippen molar-refractivity contribution >= 4 is 23.0 Å². The molecule has 2 atom stereocenters. The van der Waals surface area contributed by atoms with Crippen LogP contribution >= 0.6 is 11.6 Å². The van der Waals surface area contributed by atoms with Gasteiger partial charge in [-0.1, -0.05) is 17.7 Å². The molecule has 4 saturated heterocycles. The second-order valence-electron chi connectivity index (χ2n) is 8.86. The van der Waals surface area contributed by atoms with Crippen LogP contribution in [0.2, 0.25) is 5.02 Å². The van der Waals surface area contributed by atoms with Gasteiger partial charge in [-0.3, -0.25) is 4.90 Å². The van der Waals surface area contributed by atoms with E-state index in [1.165, 1.54) is 13.1 Å². The Balaban J connectivity index is 1.17. The standard InChI is InChI=1S/C20H27ClN2O3S/c1-15-2-3-18(17(21)8-15)27(24)23-6-4-20(5-7-23)9-16(10-26-20)22-11-19(12-22)13-25-14-19/h2-3,8,16H,4-7,9-14H2,1H3. The first-order chi connectivity index (χ1) is 13.0. The quantitative estimate of drug-likeness (QED) is 0.717. The monoisotopic (exact) mass is 410 g/mol. The average molecular weight is 411 g/mol. The van der Waals surface area contributed by atoms with Crippen molar-refractivity contribution in [2.24, 2.45) is 5.41 Å². The maximum Gasteiger partial charge on any atom is 0.192 e. The minimum absolute atomic E-state index is 0.0265. The van der Waals surface area contributed by atoms with E-state index in [9.17, 15) is 4.55 Å². The Hall–Kier alpha value is -0.340. The molecule has 2 spiro atoms. The Morgan fingerprint density at radius 1 is 1.22 bits per heavy atom. The number of hydrogen-bond donors (Lipinski definition) is 0. The topological polar surface area (TPSA) is 48.0 Å². The average Bonchev–Trinajstić information content (AvgIpc) is 2.96. The molecule has 0 amide bonds. The van der Waals surface area contributed by atoms with Gasteiger partial charge in [-0.15, -0.1) is 4.31 Å². The number of aryl methyl sites for hydroxylation is 1. The summed E-state index contributed by atoms with van der Waals surface area (Å²) in [5, 5.41) is 0.595. The fraction of sp³-hybridized carbons (Fsp3) is 0.700. The first-order valence-corrected chi connectivity index (χ1v) is 11.3. The molecule has 0 aliphatic carbocycles. The van der Waals surface area contributed by atoms with Gasteiger partial charge in [-0.25, -0.2) is 0 Å². The number of likely N-dealkylation sites (tertiary alicyclic amines) is 1. The second-order valence-corrected chi connectivity index (χ2v) is 10.7. The predicted octanol–water partition coefficient (Wildman–Crippen LogP) is 2.63. The lowest BCUT2D eigenvalue weighted by Crippen LogP contribution is -2.68. The Labute approximate surface area is 169 Å². The second kappa shape index (κ2) is 6.87. The molecule has 4 heterocycles. The van der Waals surface area contributed by atoms with Gasteiger partial charge in [0.05, 0.1) is 41.8 Å². The van der Waals surface area contributed by atoms with Crippen LogP contribution in [0.25, 0.3) is 0 Å². The molecule has 4 aliphatic rings. The largest absolute Gasteiger partial charge is 0.593 e. The molecule has 1 aromatic carbocycles. The van der Waals surface area contributed by atoms with Crippen LogP contribution in [0.5, 0.6) is 0 Å². The Kier molecular flexibility index (Phi) is 4.75. The van der Waals surface area contributed by atoms with Crippen molar-refractivity contribution in [1.29, 1.82) is 0 Å². The maximum absolute atomic E-state index is 13.0. The third-order valence-corrected chi connectivity index (χ3v) is 8.73. The van der Waals surface area contributed by atoms with Gasteiger partial charge < -0.3 is 14.0 Å². The van der Waals surface area contributed by atoms with Gasteiger partial charge in [0.25, 0.3) is 0 Å². The summed E-state index contributed by atoms with van der Waals surface area (Å²) in [4.78, 5) is 3.30. The van der Waals surface area contributed by atoms with Gasteiger partial charge >= 0.3 is 0 Å². The zero-order valence-corrected chi connectivity index (χ0v) is 17.4. The summed E-state index contributed by atoms with van der Waals surface area (Å²) in [6.07, 6.45) is 3.00. The lowest BCUT2D eigenvalue weighted by atomic mass is 9.76. The summed E-state index contributed by atoms with van der Waals surface area (Å²) in [5.41, 5.74) is 1.52. The molecular weight excluding hydrogens is 384 g/mol. The van der Waals surface area contributed by atoms with E-state index in [-0.39, 0.29) is 5.60 Å². The molecule has 0 radical (unpaired) electrons. The lowest BCUT2D eigenvalue weighted by molar-refractivity contribution is -0.197. The van der Waals surface area contributed by atoms with Crippen LogP contribution < -0.4 is 0 Å². The normalized spacial score (nSPS) is 31.0. The van der Waals surface area contributed by atoms with Crippen LogP contribution in [0.3, 0.4) is 0 Å². The fourth-order valence-electron chi connectivity index (χ4n) is 5.00. The molecule has 0 saturated carbocycles. The fourth-order valence-corrected chi connectivity index (χ4v) is 6.63. The third-order valence-electron chi connectivity index (χ3n) is 6.74. The lowest BCUT2D eigenvalue weighted by Gasteiger charge is -2.57. The van der Waals surface area contributed by atoms with E-state index in [2.05, 4.69) is 4.90 Å². The van der Waals surface area contributed by atoms with Crippen LogP contribution in [0, 0.1) is 12.3 Å². The van der Waals surface area contributed by atoms with E-state index in [4.69, 9.17) is 21.1 Å². The van der Waals surface area contributed by atoms with Gasteiger partial charge in [0.15, 0.2) is 4.90 Å². The molecule has 0 N–H and O–H groups in total. The van der Waals surface area contributed by atoms with E-state index in [1.807, 2.05) is 29.4 Å². The van der Waals surface area contributed by atoms with E-state index in [0.717, 1.165) is 62.6 Å². The van der Waals surface area contributed by atoms with Crippen LogP contribution in [0.4, 0.5) is 0 Å². The zero-order chi connectivity index (χ0) is 18.6. The van der Waals surface area contributed by atoms with Gasteiger partial charge in [0.2, 0.25) is 0 Å². The van der Waals surface area contributed by atoms with Crippen molar-refractivity contribution in [3.63, 3.8) is 0 Å². The Morgan fingerprint density at radius 3 is 2.59 bits per heavy atom. The number of nitrogens with zero attached hydrogens (tertiary/aromatic N) is 2. The van der Waals surface area contributed by atoms with Crippen LogP contribution in [-0.2, 0) is 20.8 Å². The van der Waals surface area contributed by atoms with Gasteiger partial charge in [-0.05, 0) is 43.9 Å². The highest BCUT2D eigenvalue weighted by molar-refractivity contribution is 7.89. The van der Waals surface area contributed by atoms with Crippen molar-refractivity contribution in [2.75, 3.05) is 46.0 Å². The molecule has 0 aromatic heterocycles. The first kappa shape index (κ1) is 18.7. The van der Waals surface area contributed by atoms with Gasteiger partial charge in [-0.2, -0.15) is 0 Å². The molecule has 27 heavy (non-hydrogen) atoms. The summed E-state index contributed by atoms with van der Waals surface area (Å²) < 4.78 is 26.7. The van der Waals surface area contributed by atoms with Crippen LogP contribution in [0.1, 0.15) is 24.8 Å². The zero-order valence-electron chi connectivity index (χ0n) is 15.8. The molecular formula is C20H27ClN2O3S. The van der Waals surface area contributed by atoms with E-state index in [1.54, 1.807) is 0 Å². The molecule has 5 nitrogen and oxygen atoms in total. The highest BCUT2D eigenvalue weighted by Crippen LogP contribution is 2.44. The maximum atomic E-state index is 13.0. The summed E-state index contributed by atoms with van der Waals surface area (Å²) in [5.74, 6) is 0. The number of ether oxygens (including phenoxy) is 2. The summed E-state index contributed by atoms with van der Waals surface area (Å²) in [7, 11) is 0. The molecule has 1 aromatic rings. The number of piperidine rings is 1. The van der Waals surface area contributed by atoms with Crippen molar-refractivity contribution in [3.8, 4) is 0 Å². The van der Waals surface area contributed by atoms with E-state index < -0.39 is 11.4 Å². The smallest absolute Gasteiger partial charge is 0.192 e. The number of halogens is 1. The van der Waals surface area contributed by atoms with Crippen molar-refractivity contribution in [3.05, 3.63) is 28.8 Å². The molecule has 4 fully saturated rings. The van der Waals surface area contributed by atoms with E-state index in [0.29, 0.717) is 16.5 Å².